The van der Waals surface area contributed by atoms with Gasteiger partial charge in [-0.1, -0.05) is 53.6 Å². The summed E-state index contributed by atoms with van der Waals surface area (Å²) >= 11 is 0. The van der Waals surface area contributed by atoms with Gasteiger partial charge in [-0.05, 0) is 54.9 Å². The Bertz CT molecular complexity index is 1020. The maximum atomic E-state index is 12.7. The third-order valence-electron chi connectivity index (χ3n) is 5.71. The van der Waals surface area contributed by atoms with Crippen molar-refractivity contribution in [3.63, 3.8) is 0 Å². The van der Waals surface area contributed by atoms with Gasteiger partial charge in [0.25, 0.3) is 5.91 Å². The molecule has 186 valence electrons. The third-order valence-corrected chi connectivity index (χ3v) is 6.78. The first-order valence-electron chi connectivity index (χ1n) is 11.6. The summed E-state index contributed by atoms with van der Waals surface area (Å²) < 4.78 is 18.3. The molecule has 0 aromatic heterocycles. The molecular weight excluding hydrogens is 469 g/mol. The number of nitrogens with one attached hydrogen (secondary N) is 2. The number of carbonyl (C=O) groups excluding carboxylic acids is 2. The van der Waals surface area contributed by atoms with Crippen molar-refractivity contribution in [2.45, 2.75) is 50.8 Å². The molecule has 1 heterocycles. The number of rotatable bonds is 12. The van der Waals surface area contributed by atoms with Crippen LogP contribution in [0.5, 0.6) is 0 Å². The van der Waals surface area contributed by atoms with Gasteiger partial charge in [-0.25, -0.2) is 0 Å². The van der Waals surface area contributed by atoms with Gasteiger partial charge in [0.2, 0.25) is 5.91 Å². The standard InChI is InChI=1S/C25H30N3O6P/c1-18(34-35(33)27-22-13-8-14-28(25(22)32)17-23(29)30)15-21(16-19-9-4-2-5-10-19)26-24(31)20-11-6-3-7-12-20/h2-7,9-12,18,21-22H,8,13-17H2,1H3,(H2-,26,27,29,30,31,33)/p+1. The number of carboxylic acid groups (broad SMARTS) is 1. The molecule has 1 fully saturated rings. The Labute approximate surface area is 205 Å². The van der Waals surface area contributed by atoms with E-state index in [0.29, 0.717) is 37.8 Å². The smallest absolute Gasteiger partial charge is 0.480 e. The lowest BCUT2D eigenvalue weighted by molar-refractivity contribution is -0.146. The number of likely N-dealkylation sites (tertiary alicyclic amines) is 1. The third kappa shape index (κ3) is 8.55. The maximum Gasteiger partial charge on any atom is 0.614 e. The van der Waals surface area contributed by atoms with E-state index in [1.165, 1.54) is 4.90 Å². The summed E-state index contributed by atoms with van der Waals surface area (Å²) in [5.74, 6) is -1.68. The fourth-order valence-electron chi connectivity index (χ4n) is 4.10. The van der Waals surface area contributed by atoms with Crippen LogP contribution in [0, 0.1) is 0 Å². The molecule has 0 saturated carbocycles. The van der Waals surface area contributed by atoms with Crippen LogP contribution in [0.15, 0.2) is 60.7 Å². The van der Waals surface area contributed by atoms with Gasteiger partial charge < -0.3 is 15.3 Å². The molecule has 2 aromatic rings. The summed E-state index contributed by atoms with van der Waals surface area (Å²) in [6.07, 6.45) is 1.56. The lowest BCUT2D eigenvalue weighted by Crippen LogP contribution is -2.50. The molecule has 3 rings (SSSR count). The Hall–Kier alpha value is -3.13. The van der Waals surface area contributed by atoms with Gasteiger partial charge in [-0.15, -0.1) is 4.52 Å². The van der Waals surface area contributed by atoms with E-state index in [0.717, 1.165) is 5.56 Å². The zero-order valence-corrected chi connectivity index (χ0v) is 20.5. The average Bonchev–Trinajstić information content (AvgIpc) is 2.82. The van der Waals surface area contributed by atoms with E-state index in [1.54, 1.807) is 31.2 Å². The number of carbonyl (C=O) groups is 3. The van der Waals surface area contributed by atoms with Crippen LogP contribution in [0.4, 0.5) is 0 Å². The van der Waals surface area contributed by atoms with Gasteiger partial charge in [0.1, 0.15) is 18.7 Å². The van der Waals surface area contributed by atoms with E-state index in [9.17, 15) is 18.9 Å². The minimum absolute atomic E-state index is 0.201. The summed E-state index contributed by atoms with van der Waals surface area (Å²) in [4.78, 5) is 37.4. The van der Waals surface area contributed by atoms with E-state index in [-0.39, 0.29) is 18.5 Å². The Morgan fingerprint density at radius 2 is 1.80 bits per heavy atom. The molecule has 0 aliphatic carbocycles. The summed E-state index contributed by atoms with van der Waals surface area (Å²) in [7, 11) is -2.37. The molecule has 0 bridgehead atoms. The van der Waals surface area contributed by atoms with Crippen molar-refractivity contribution in [3.8, 4) is 0 Å². The summed E-state index contributed by atoms with van der Waals surface area (Å²) in [6, 6.07) is 17.6. The fourth-order valence-corrected chi connectivity index (χ4v) is 5.06. The number of amides is 2. The van der Waals surface area contributed by atoms with E-state index in [1.807, 2.05) is 36.4 Å². The largest absolute Gasteiger partial charge is 0.614 e. The quantitative estimate of drug-likeness (QED) is 0.383. The van der Waals surface area contributed by atoms with Crippen LogP contribution in [0.3, 0.4) is 0 Å². The zero-order chi connectivity index (χ0) is 25.2. The highest BCUT2D eigenvalue weighted by molar-refractivity contribution is 7.36. The van der Waals surface area contributed by atoms with Gasteiger partial charge in [0, 0.05) is 18.2 Å². The first-order chi connectivity index (χ1) is 16.8. The van der Waals surface area contributed by atoms with Crippen LogP contribution in [-0.4, -0.2) is 59.1 Å². The number of hydrogen-bond acceptors (Lipinski definition) is 5. The zero-order valence-electron chi connectivity index (χ0n) is 19.6. The second-order valence-electron chi connectivity index (χ2n) is 8.61. The van der Waals surface area contributed by atoms with Crippen LogP contribution in [-0.2, 0) is 25.1 Å². The Balaban J connectivity index is 1.58. The Morgan fingerprint density at radius 3 is 2.46 bits per heavy atom. The lowest BCUT2D eigenvalue weighted by atomic mass is 10.0. The first kappa shape index (κ1) is 26.5. The van der Waals surface area contributed by atoms with Crippen LogP contribution < -0.4 is 10.4 Å². The number of carboxylic acids is 1. The molecule has 9 nitrogen and oxygen atoms in total. The van der Waals surface area contributed by atoms with E-state index in [4.69, 9.17) is 9.63 Å². The number of nitrogens with zero attached hydrogens (tertiary/aromatic N) is 1. The monoisotopic (exact) mass is 500 g/mol. The highest BCUT2D eigenvalue weighted by atomic mass is 31.1. The maximum absolute atomic E-state index is 12.7. The molecule has 35 heavy (non-hydrogen) atoms. The van der Waals surface area contributed by atoms with E-state index < -0.39 is 32.2 Å². The number of hydrogen-bond donors (Lipinski definition) is 3. The normalized spacial score (nSPS) is 18.0. The summed E-state index contributed by atoms with van der Waals surface area (Å²) in [6.45, 7) is 1.74. The van der Waals surface area contributed by atoms with Crippen molar-refractivity contribution in [2.75, 3.05) is 13.1 Å². The number of benzene rings is 2. The topological polar surface area (TPSA) is 125 Å². The minimum atomic E-state index is -2.37. The Morgan fingerprint density at radius 1 is 1.14 bits per heavy atom. The van der Waals surface area contributed by atoms with Gasteiger partial charge in [-0.2, -0.15) is 0 Å². The predicted molar refractivity (Wildman–Crippen MR) is 131 cm³/mol. The molecule has 0 radical (unpaired) electrons. The van der Waals surface area contributed by atoms with Crippen molar-refractivity contribution >= 4 is 26.0 Å². The van der Waals surface area contributed by atoms with Crippen molar-refractivity contribution in [1.29, 1.82) is 0 Å². The minimum Gasteiger partial charge on any atom is -0.480 e. The van der Waals surface area contributed by atoms with Gasteiger partial charge in [0.05, 0.1) is 0 Å². The number of aliphatic carboxylic acids is 1. The molecular formula is C25H31N3O6P+. The summed E-state index contributed by atoms with van der Waals surface area (Å²) in [5, 5.41) is 14.7. The first-order valence-corrected chi connectivity index (χ1v) is 12.8. The van der Waals surface area contributed by atoms with E-state index >= 15 is 0 Å². The second-order valence-corrected chi connectivity index (χ2v) is 9.60. The van der Waals surface area contributed by atoms with Crippen molar-refractivity contribution < 1.29 is 28.6 Å². The molecule has 1 aliphatic heterocycles. The molecule has 4 atom stereocenters. The van der Waals surface area contributed by atoms with Crippen LogP contribution >= 0.6 is 8.18 Å². The highest BCUT2D eigenvalue weighted by Gasteiger charge is 2.37. The molecule has 2 aromatic carbocycles. The summed E-state index contributed by atoms with van der Waals surface area (Å²) in [5.41, 5.74) is 1.60. The molecule has 10 heteroatoms. The van der Waals surface area contributed by atoms with Crippen LogP contribution in [0.2, 0.25) is 0 Å². The molecule has 1 saturated heterocycles. The van der Waals surface area contributed by atoms with E-state index in [2.05, 4.69) is 10.4 Å². The van der Waals surface area contributed by atoms with Gasteiger partial charge in [0.15, 0.2) is 0 Å². The molecule has 2 amide bonds. The molecule has 3 N–H and O–H groups in total. The van der Waals surface area contributed by atoms with Crippen molar-refractivity contribution in [1.82, 2.24) is 15.3 Å². The fraction of sp³-hybridized carbons (Fsp3) is 0.400. The van der Waals surface area contributed by atoms with Gasteiger partial charge in [-0.3, -0.25) is 14.4 Å². The lowest BCUT2D eigenvalue weighted by Gasteiger charge is -2.29. The second kappa shape index (κ2) is 13.1. The highest BCUT2D eigenvalue weighted by Crippen LogP contribution is 2.26. The van der Waals surface area contributed by atoms with Crippen LogP contribution in [0.25, 0.3) is 0 Å². The van der Waals surface area contributed by atoms with Crippen molar-refractivity contribution in [2.24, 2.45) is 0 Å². The van der Waals surface area contributed by atoms with Crippen molar-refractivity contribution in [3.05, 3.63) is 71.8 Å². The molecule has 1 aliphatic rings. The predicted octanol–water partition coefficient (Wildman–Crippen LogP) is 3.15. The average molecular weight is 501 g/mol. The Kier molecular flexibility index (Phi) is 9.90. The number of piperidine rings is 1. The molecule has 4 unspecified atom stereocenters. The van der Waals surface area contributed by atoms with Crippen LogP contribution in [0.1, 0.15) is 42.1 Å². The SMILES string of the molecule is CC(CC(Cc1ccccc1)NC(=O)c1ccccc1)O[P+](=O)NC1CCCN(CC(=O)O)C1=O. The van der Waals surface area contributed by atoms with Gasteiger partial charge >= 0.3 is 14.1 Å². The molecule has 0 spiro atoms.